The second-order valence-corrected chi connectivity index (χ2v) is 8.20. The maximum Gasteiger partial charge on any atom is 0.271 e. The highest BCUT2D eigenvalue weighted by atomic mass is 35.5. The minimum Gasteiger partial charge on any atom is -0.440 e. The SMILES string of the molecule is Cc1nc(C(=O)N(C)C)ccc1C(=O)N1CCC(c2nc3cc(Cl)ccc3o2)CC1. The van der Waals surface area contributed by atoms with Crippen molar-refractivity contribution in [1.29, 1.82) is 0 Å². The lowest BCUT2D eigenvalue weighted by molar-refractivity contribution is 0.0704. The highest BCUT2D eigenvalue weighted by Crippen LogP contribution is 2.31. The molecular weight excluding hydrogens is 404 g/mol. The summed E-state index contributed by atoms with van der Waals surface area (Å²) in [5.41, 5.74) is 2.90. The molecule has 1 saturated heterocycles. The number of piperidine rings is 1. The van der Waals surface area contributed by atoms with Gasteiger partial charge in [-0.2, -0.15) is 0 Å². The molecule has 0 unspecified atom stereocenters. The van der Waals surface area contributed by atoms with Gasteiger partial charge in [-0.3, -0.25) is 9.59 Å². The fourth-order valence-corrected chi connectivity index (χ4v) is 3.89. The minimum absolute atomic E-state index is 0.0633. The van der Waals surface area contributed by atoms with Gasteiger partial charge in [0.05, 0.1) is 11.3 Å². The smallest absolute Gasteiger partial charge is 0.271 e. The first-order valence-corrected chi connectivity index (χ1v) is 10.3. The second-order valence-electron chi connectivity index (χ2n) is 7.76. The van der Waals surface area contributed by atoms with Crippen molar-refractivity contribution in [3.8, 4) is 0 Å². The molecular formula is C22H23ClN4O3. The summed E-state index contributed by atoms with van der Waals surface area (Å²) in [7, 11) is 3.35. The highest BCUT2D eigenvalue weighted by molar-refractivity contribution is 6.31. The quantitative estimate of drug-likeness (QED) is 0.634. The Bertz CT molecular complexity index is 1120. The summed E-state index contributed by atoms with van der Waals surface area (Å²) >= 11 is 6.03. The zero-order chi connectivity index (χ0) is 21.4. The predicted molar refractivity (Wildman–Crippen MR) is 114 cm³/mol. The van der Waals surface area contributed by atoms with Crippen LogP contribution in [0.15, 0.2) is 34.7 Å². The number of likely N-dealkylation sites (tertiary alicyclic amines) is 1. The Morgan fingerprint density at radius 2 is 1.87 bits per heavy atom. The van der Waals surface area contributed by atoms with Crippen LogP contribution in [0, 0.1) is 6.92 Å². The highest BCUT2D eigenvalue weighted by Gasteiger charge is 2.28. The molecule has 1 aromatic carbocycles. The maximum absolute atomic E-state index is 13.0. The number of fused-ring (bicyclic) bond motifs is 1. The Kier molecular flexibility index (Phi) is 5.47. The molecule has 0 saturated carbocycles. The van der Waals surface area contributed by atoms with Gasteiger partial charge in [0.1, 0.15) is 11.2 Å². The number of pyridine rings is 1. The number of aryl methyl sites for hydroxylation is 1. The minimum atomic E-state index is -0.183. The molecule has 156 valence electrons. The molecule has 8 heteroatoms. The molecule has 0 N–H and O–H groups in total. The van der Waals surface area contributed by atoms with Crippen LogP contribution in [0.4, 0.5) is 0 Å². The molecule has 3 aromatic rings. The summed E-state index contributed by atoms with van der Waals surface area (Å²) in [5.74, 6) is 0.618. The van der Waals surface area contributed by atoms with Gasteiger partial charge < -0.3 is 14.2 Å². The number of hydrogen-bond donors (Lipinski definition) is 0. The standard InChI is InChI=1S/C22H23ClN4O3/c1-13-16(5-6-17(24-13)22(29)26(2)3)21(28)27-10-8-14(9-11-27)20-25-18-12-15(23)4-7-19(18)30-20/h4-7,12,14H,8-11H2,1-3H3. The Hall–Kier alpha value is -2.93. The van der Waals surface area contributed by atoms with E-state index in [0.29, 0.717) is 41.0 Å². The summed E-state index contributed by atoms with van der Waals surface area (Å²) in [5, 5.41) is 0.630. The zero-order valence-corrected chi connectivity index (χ0v) is 17.9. The average molecular weight is 427 g/mol. The number of nitrogens with zero attached hydrogens (tertiary/aromatic N) is 4. The Morgan fingerprint density at radius 3 is 2.53 bits per heavy atom. The first-order valence-electron chi connectivity index (χ1n) is 9.88. The van der Waals surface area contributed by atoms with E-state index in [0.717, 1.165) is 23.9 Å². The van der Waals surface area contributed by atoms with E-state index in [1.54, 1.807) is 45.3 Å². The van der Waals surface area contributed by atoms with Crippen LogP contribution in [0.5, 0.6) is 0 Å². The van der Waals surface area contributed by atoms with E-state index >= 15 is 0 Å². The molecule has 0 spiro atoms. The summed E-state index contributed by atoms with van der Waals surface area (Å²) in [4.78, 5) is 37.3. The van der Waals surface area contributed by atoms with E-state index in [2.05, 4.69) is 9.97 Å². The van der Waals surface area contributed by atoms with Crippen LogP contribution in [-0.4, -0.2) is 58.8 Å². The molecule has 1 aliphatic heterocycles. The van der Waals surface area contributed by atoms with Gasteiger partial charge >= 0.3 is 0 Å². The summed E-state index contributed by atoms with van der Waals surface area (Å²) in [6.07, 6.45) is 1.55. The van der Waals surface area contributed by atoms with Crippen LogP contribution in [0.2, 0.25) is 5.02 Å². The van der Waals surface area contributed by atoms with Crippen molar-refractivity contribution >= 4 is 34.5 Å². The van der Waals surface area contributed by atoms with Gasteiger partial charge in [-0.1, -0.05) is 11.6 Å². The summed E-state index contributed by atoms with van der Waals surface area (Å²) in [6, 6.07) is 8.71. The molecule has 30 heavy (non-hydrogen) atoms. The van der Waals surface area contributed by atoms with Gasteiger partial charge in [0.25, 0.3) is 11.8 Å². The Labute approximate surface area is 179 Å². The monoisotopic (exact) mass is 426 g/mol. The molecule has 0 radical (unpaired) electrons. The van der Waals surface area contributed by atoms with Crippen molar-refractivity contribution in [2.24, 2.45) is 0 Å². The molecule has 2 aromatic heterocycles. The van der Waals surface area contributed by atoms with Crippen LogP contribution in [0.3, 0.4) is 0 Å². The first kappa shape index (κ1) is 20.3. The third-order valence-corrected chi connectivity index (χ3v) is 5.67. The third-order valence-electron chi connectivity index (χ3n) is 5.44. The average Bonchev–Trinajstić information content (AvgIpc) is 3.16. The Balaban J connectivity index is 1.44. The fraction of sp³-hybridized carbons (Fsp3) is 0.364. The topological polar surface area (TPSA) is 79.5 Å². The van der Waals surface area contributed by atoms with Crippen molar-refractivity contribution in [3.05, 3.63) is 58.2 Å². The molecule has 3 heterocycles. The van der Waals surface area contributed by atoms with Crippen LogP contribution < -0.4 is 0 Å². The molecule has 2 amide bonds. The van der Waals surface area contributed by atoms with Gasteiger partial charge in [-0.15, -0.1) is 0 Å². The molecule has 0 bridgehead atoms. The number of rotatable bonds is 3. The maximum atomic E-state index is 13.0. The van der Waals surface area contributed by atoms with Gasteiger partial charge in [0, 0.05) is 38.1 Å². The number of amides is 2. The van der Waals surface area contributed by atoms with Crippen molar-refractivity contribution in [2.75, 3.05) is 27.2 Å². The predicted octanol–water partition coefficient (Wildman–Crippen LogP) is 3.91. The molecule has 0 aliphatic carbocycles. The molecule has 1 aliphatic rings. The Morgan fingerprint density at radius 1 is 1.13 bits per heavy atom. The lowest BCUT2D eigenvalue weighted by Crippen LogP contribution is -2.38. The molecule has 4 rings (SSSR count). The number of oxazole rings is 1. The van der Waals surface area contributed by atoms with Crippen molar-refractivity contribution in [1.82, 2.24) is 19.8 Å². The van der Waals surface area contributed by atoms with E-state index in [9.17, 15) is 9.59 Å². The second kappa shape index (κ2) is 8.07. The van der Waals surface area contributed by atoms with Gasteiger partial charge in [0.2, 0.25) is 0 Å². The van der Waals surface area contributed by atoms with E-state index in [-0.39, 0.29) is 17.7 Å². The lowest BCUT2D eigenvalue weighted by atomic mass is 9.96. The van der Waals surface area contributed by atoms with E-state index in [1.807, 2.05) is 11.0 Å². The number of halogens is 1. The normalized spacial score (nSPS) is 14.9. The van der Waals surface area contributed by atoms with Crippen LogP contribution >= 0.6 is 11.6 Å². The van der Waals surface area contributed by atoms with Gasteiger partial charge in [0.15, 0.2) is 11.5 Å². The number of hydrogen-bond acceptors (Lipinski definition) is 5. The number of carbonyl (C=O) groups is 2. The zero-order valence-electron chi connectivity index (χ0n) is 17.2. The number of aromatic nitrogens is 2. The van der Waals surface area contributed by atoms with Gasteiger partial charge in [-0.25, -0.2) is 9.97 Å². The van der Waals surface area contributed by atoms with Crippen molar-refractivity contribution < 1.29 is 14.0 Å². The number of benzene rings is 1. The van der Waals surface area contributed by atoms with Crippen LogP contribution in [-0.2, 0) is 0 Å². The van der Waals surface area contributed by atoms with Crippen molar-refractivity contribution in [2.45, 2.75) is 25.7 Å². The fourth-order valence-electron chi connectivity index (χ4n) is 3.73. The first-order chi connectivity index (χ1) is 14.3. The number of carbonyl (C=O) groups excluding carboxylic acids is 2. The largest absolute Gasteiger partial charge is 0.440 e. The molecule has 1 fully saturated rings. The molecule has 0 atom stereocenters. The molecule has 7 nitrogen and oxygen atoms in total. The lowest BCUT2D eigenvalue weighted by Gasteiger charge is -2.31. The van der Waals surface area contributed by atoms with E-state index in [1.165, 1.54) is 4.90 Å². The van der Waals surface area contributed by atoms with Crippen molar-refractivity contribution in [3.63, 3.8) is 0 Å². The van der Waals surface area contributed by atoms with Crippen LogP contribution in [0.1, 0.15) is 51.2 Å². The summed E-state index contributed by atoms with van der Waals surface area (Å²) < 4.78 is 5.90. The van der Waals surface area contributed by atoms with Crippen LogP contribution in [0.25, 0.3) is 11.1 Å². The van der Waals surface area contributed by atoms with Gasteiger partial charge in [-0.05, 0) is 50.1 Å². The third kappa shape index (κ3) is 3.89. The van der Waals surface area contributed by atoms with E-state index in [4.69, 9.17) is 16.0 Å². The van der Waals surface area contributed by atoms with E-state index < -0.39 is 0 Å². The summed E-state index contributed by atoms with van der Waals surface area (Å²) in [6.45, 7) is 2.98.